The predicted octanol–water partition coefficient (Wildman–Crippen LogP) is 4.53. The molecule has 1 N–H and O–H groups in total. The normalized spacial score (nSPS) is 16.7. The molecule has 174 valence electrons. The number of hydrogen-bond acceptors (Lipinski definition) is 4. The number of aromatic nitrogens is 2. The number of nitrogens with zero attached hydrogens (tertiary/aromatic N) is 3. The van der Waals surface area contributed by atoms with E-state index in [2.05, 4.69) is 40.7 Å². The minimum Gasteiger partial charge on any atom is -0.497 e. The number of para-hydroxylation sites is 1. The highest BCUT2D eigenvalue weighted by molar-refractivity contribution is 5.77. The summed E-state index contributed by atoms with van der Waals surface area (Å²) < 4.78 is 7.31. The van der Waals surface area contributed by atoms with Crippen LogP contribution in [0, 0.1) is 11.8 Å². The van der Waals surface area contributed by atoms with E-state index >= 15 is 0 Å². The fourth-order valence-corrected chi connectivity index (χ4v) is 4.38. The van der Waals surface area contributed by atoms with Gasteiger partial charge in [-0.15, -0.1) is 0 Å². The van der Waals surface area contributed by atoms with E-state index in [-0.39, 0.29) is 11.8 Å². The molecule has 1 fully saturated rings. The molecule has 33 heavy (non-hydrogen) atoms. The fraction of sp³-hybridized carbons (Fsp3) is 0.407. The second-order valence-corrected chi connectivity index (χ2v) is 9.15. The Hall–Kier alpha value is -3.12. The molecule has 1 aliphatic rings. The van der Waals surface area contributed by atoms with Crippen LogP contribution in [-0.4, -0.2) is 47.3 Å². The number of methoxy groups -OCH3 is 1. The molecule has 0 bridgehead atoms. The molecule has 4 rings (SSSR count). The molecule has 6 heteroatoms. The summed E-state index contributed by atoms with van der Waals surface area (Å²) in [5.41, 5.74) is 4.33. The lowest BCUT2D eigenvalue weighted by atomic mass is 9.97. The largest absolute Gasteiger partial charge is 0.497 e. The standard InChI is InChI=1S/C27H34N4O2/c1-20(2)27(32)28-16-21-8-7-15-30(17-21)18-23-19-31(24-9-5-4-6-10-24)29-26(23)22-11-13-25(33-3)14-12-22/h4-6,9-14,19-21H,7-8,15-18H2,1-3H3,(H,28,32)/t21-/m0/s1. The lowest BCUT2D eigenvalue weighted by molar-refractivity contribution is -0.124. The molecule has 0 unspecified atom stereocenters. The van der Waals surface area contributed by atoms with Crippen LogP contribution in [0.4, 0.5) is 0 Å². The van der Waals surface area contributed by atoms with Crippen molar-refractivity contribution in [1.29, 1.82) is 0 Å². The quantitative estimate of drug-likeness (QED) is 0.552. The van der Waals surface area contributed by atoms with Gasteiger partial charge in [-0.3, -0.25) is 9.69 Å². The number of ether oxygens (including phenoxy) is 1. The topological polar surface area (TPSA) is 59.4 Å². The number of carbonyl (C=O) groups excluding carboxylic acids is 1. The van der Waals surface area contributed by atoms with Crippen molar-refractivity contribution in [3.63, 3.8) is 0 Å². The van der Waals surface area contributed by atoms with Crippen LogP contribution in [0.5, 0.6) is 5.75 Å². The molecule has 0 radical (unpaired) electrons. The Kier molecular flexibility index (Phi) is 7.45. The Morgan fingerprint density at radius 2 is 1.91 bits per heavy atom. The van der Waals surface area contributed by atoms with Crippen molar-refractivity contribution in [1.82, 2.24) is 20.0 Å². The average molecular weight is 447 g/mol. The van der Waals surface area contributed by atoms with Gasteiger partial charge in [-0.1, -0.05) is 32.0 Å². The van der Waals surface area contributed by atoms with Crippen LogP contribution in [0.15, 0.2) is 60.8 Å². The van der Waals surface area contributed by atoms with E-state index in [0.717, 1.165) is 61.7 Å². The van der Waals surface area contributed by atoms with E-state index in [9.17, 15) is 4.79 Å². The van der Waals surface area contributed by atoms with Gasteiger partial charge in [0.05, 0.1) is 18.5 Å². The average Bonchev–Trinajstić information content (AvgIpc) is 3.27. The third-order valence-corrected chi connectivity index (χ3v) is 6.26. The molecule has 3 aromatic rings. The van der Waals surface area contributed by atoms with E-state index < -0.39 is 0 Å². The molecule has 1 saturated heterocycles. The minimum absolute atomic E-state index is 0.0283. The van der Waals surface area contributed by atoms with Gasteiger partial charge in [0.1, 0.15) is 5.75 Å². The Bertz CT molecular complexity index is 1040. The van der Waals surface area contributed by atoms with E-state index in [1.54, 1.807) is 7.11 Å². The highest BCUT2D eigenvalue weighted by atomic mass is 16.5. The first-order valence-electron chi connectivity index (χ1n) is 11.8. The number of amides is 1. The maximum atomic E-state index is 12.0. The minimum atomic E-state index is 0.0283. The third-order valence-electron chi connectivity index (χ3n) is 6.26. The van der Waals surface area contributed by atoms with Crippen molar-refractivity contribution in [2.75, 3.05) is 26.7 Å². The molecule has 2 heterocycles. The number of benzene rings is 2. The number of piperidine rings is 1. The van der Waals surface area contributed by atoms with Crippen LogP contribution in [0.1, 0.15) is 32.3 Å². The van der Waals surface area contributed by atoms with Crippen LogP contribution < -0.4 is 10.1 Å². The van der Waals surface area contributed by atoms with Gasteiger partial charge in [0.15, 0.2) is 0 Å². The van der Waals surface area contributed by atoms with Gasteiger partial charge < -0.3 is 10.1 Å². The predicted molar refractivity (Wildman–Crippen MR) is 131 cm³/mol. The first-order valence-corrected chi connectivity index (χ1v) is 11.8. The van der Waals surface area contributed by atoms with Crippen LogP contribution in [0.25, 0.3) is 16.9 Å². The summed E-state index contributed by atoms with van der Waals surface area (Å²) in [4.78, 5) is 14.5. The first-order chi connectivity index (χ1) is 16.0. The molecule has 2 aromatic carbocycles. The Labute approximate surface area is 196 Å². The number of likely N-dealkylation sites (tertiary alicyclic amines) is 1. The van der Waals surface area contributed by atoms with Crippen molar-refractivity contribution in [3.8, 4) is 22.7 Å². The summed E-state index contributed by atoms with van der Waals surface area (Å²) in [7, 11) is 1.68. The van der Waals surface area contributed by atoms with Crippen LogP contribution in [-0.2, 0) is 11.3 Å². The van der Waals surface area contributed by atoms with Gasteiger partial charge in [0, 0.05) is 42.9 Å². The second kappa shape index (κ2) is 10.7. The summed E-state index contributed by atoms with van der Waals surface area (Å²) in [6, 6.07) is 18.3. The molecule has 0 spiro atoms. The van der Waals surface area contributed by atoms with Gasteiger partial charge in [-0.2, -0.15) is 5.10 Å². The van der Waals surface area contributed by atoms with Gasteiger partial charge in [-0.05, 0) is 61.7 Å². The van der Waals surface area contributed by atoms with Crippen molar-refractivity contribution < 1.29 is 9.53 Å². The zero-order valence-electron chi connectivity index (χ0n) is 19.8. The van der Waals surface area contributed by atoms with E-state index in [1.165, 1.54) is 5.56 Å². The number of nitrogens with one attached hydrogen (secondary N) is 1. The summed E-state index contributed by atoms with van der Waals surface area (Å²) in [5.74, 6) is 1.48. The summed E-state index contributed by atoms with van der Waals surface area (Å²) in [5, 5.41) is 8.08. The highest BCUT2D eigenvalue weighted by Crippen LogP contribution is 2.28. The molecule has 1 aromatic heterocycles. The Morgan fingerprint density at radius 1 is 1.15 bits per heavy atom. The van der Waals surface area contributed by atoms with Gasteiger partial charge in [0.2, 0.25) is 5.91 Å². The zero-order valence-corrected chi connectivity index (χ0v) is 19.8. The molecular formula is C27H34N4O2. The summed E-state index contributed by atoms with van der Waals surface area (Å²) in [6.45, 7) is 7.51. The van der Waals surface area contributed by atoms with Crippen LogP contribution in [0.3, 0.4) is 0 Å². The third kappa shape index (κ3) is 5.82. The monoisotopic (exact) mass is 446 g/mol. The molecule has 1 atom stereocenters. The maximum Gasteiger partial charge on any atom is 0.222 e. The SMILES string of the molecule is COc1ccc(-c2nn(-c3ccccc3)cc2CN2CCC[C@@H](CNC(=O)C(C)C)C2)cc1. The number of rotatable bonds is 8. The van der Waals surface area contributed by atoms with Gasteiger partial charge in [-0.25, -0.2) is 4.68 Å². The molecule has 0 saturated carbocycles. The van der Waals surface area contributed by atoms with Crippen molar-refractivity contribution in [3.05, 3.63) is 66.4 Å². The number of carbonyl (C=O) groups is 1. The van der Waals surface area contributed by atoms with E-state index in [1.807, 2.05) is 48.9 Å². The molecule has 0 aliphatic carbocycles. The zero-order chi connectivity index (χ0) is 23.2. The first kappa shape index (κ1) is 23.1. The van der Waals surface area contributed by atoms with Crippen LogP contribution in [0.2, 0.25) is 0 Å². The summed E-state index contributed by atoms with van der Waals surface area (Å²) >= 11 is 0. The van der Waals surface area contributed by atoms with Gasteiger partial charge in [0.25, 0.3) is 0 Å². The molecule has 1 aliphatic heterocycles. The molecule has 6 nitrogen and oxygen atoms in total. The van der Waals surface area contributed by atoms with Crippen LogP contribution >= 0.6 is 0 Å². The van der Waals surface area contributed by atoms with Crippen molar-refractivity contribution in [2.24, 2.45) is 11.8 Å². The van der Waals surface area contributed by atoms with E-state index in [4.69, 9.17) is 9.84 Å². The maximum absolute atomic E-state index is 12.0. The van der Waals surface area contributed by atoms with Gasteiger partial charge >= 0.3 is 0 Å². The fourth-order valence-electron chi connectivity index (χ4n) is 4.38. The Morgan fingerprint density at radius 3 is 2.61 bits per heavy atom. The Balaban J connectivity index is 1.54. The second-order valence-electron chi connectivity index (χ2n) is 9.15. The molecule has 1 amide bonds. The van der Waals surface area contributed by atoms with Crippen molar-refractivity contribution in [2.45, 2.75) is 33.2 Å². The lowest BCUT2D eigenvalue weighted by Crippen LogP contribution is -2.41. The van der Waals surface area contributed by atoms with Crippen molar-refractivity contribution >= 4 is 5.91 Å². The number of hydrogen-bond donors (Lipinski definition) is 1. The molecular weight excluding hydrogens is 412 g/mol. The highest BCUT2D eigenvalue weighted by Gasteiger charge is 2.23. The smallest absolute Gasteiger partial charge is 0.222 e. The lowest BCUT2D eigenvalue weighted by Gasteiger charge is -2.32. The summed E-state index contributed by atoms with van der Waals surface area (Å²) in [6.07, 6.45) is 4.45. The van der Waals surface area contributed by atoms with E-state index in [0.29, 0.717) is 5.92 Å².